The number of halogens is 5. The molecule has 0 amide bonds. The van der Waals surface area contributed by atoms with E-state index in [1.54, 1.807) is 0 Å². The minimum atomic E-state index is -5.00. The predicted molar refractivity (Wildman–Crippen MR) is 36.8 cm³/mol. The van der Waals surface area contributed by atoms with Gasteiger partial charge in [0.2, 0.25) is 0 Å². The van der Waals surface area contributed by atoms with Gasteiger partial charge in [0.1, 0.15) is 6.42 Å². The highest BCUT2D eigenvalue weighted by molar-refractivity contribution is 5.81. The summed E-state index contributed by atoms with van der Waals surface area (Å²) in [5.74, 6) is -5.29. The molecule has 0 rings (SSSR count). The minimum absolute atomic E-state index is 0.587. The molecule has 14 heavy (non-hydrogen) atoms. The van der Waals surface area contributed by atoms with E-state index >= 15 is 0 Å². The highest BCUT2D eigenvalue weighted by atomic mass is 19.4. The van der Waals surface area contributed by atoms with E-state index in [-0.39, 0.29) is 0 Å². The van der Waals surface area contributed by atoms with Gasteiger partial charge >= 0.3 is 12.1 Å². The number of esters is 1. The van der Waals surface area contributed by atoms with Gasteiger partial charge in [-0.15, -0.1) is 0 Å². The van der Waals surface area contributed by atoms with E-state index < -0.39 is 31.1 Å². The number of hydrogen-bond acceptors (Lipinski definition) is 2. The molecule has 0 aliphatic rings. The fourth-order valence-corrected chi connectivity index (χ4v) is 0.580. The van der Waals surface area contributed by atoms with Gasteiger partial charge in [0.25, 0.3) is 5.92 Å². The largest absolute Gasteiger partial charge is 0.456 e. The van der Waals surface area contributed by atoms with Gasteiger partial charge in [0.05, 0.1) is 0 Å². The van der Waals surface area contributed by atoms with Crippen LogP contribution in [0.25, 0.3) is 0 Å². The zero-order chi connectivity index (χ0) is 11.4. The molecule has 0 atom stereocenters. The van der Waals surface area contributed by atoms with E-state index in [1.165, 1.54) is 0 Å². The van der Waals surface area contributed by atoms with Crippen molar-refractivity contribution in [1.29, 1.82) is 0 Å². The Morgan fingerprint density at radius 3 is 2.14 bits per heavy atom. The molecule has 0 saturated carbocycles. The Bertz CT molecular complexity index is 221. The zero-order valence-corrected chi connectivity index (χ0v) is 6.90. The normalized spacial score (nSPS) is 12.4. The zero-order valence-electron chi connectivity index (χ0n) is 6.90. The highest BCUT2D eigenvalue weighted by Gasteiger charge is 2.44. The van der Waals surface area contributed by atoms with Gasteiger partial charge in [-0.1, -0.05) is 6.58 Å². The van der Waals surface area contributed by atoms with Crippen LogP contribution in [0.3, 0.4) is 0 Å². The Labute approximate surface area is 76.3 Å². The molecule has 0 heterocycles. The third-order valence-electron chi connectivity index (χ3n) is 1.05. The van der Waals surface area contributed by atoms with Crippen molar-refractivity contribution in [1.82, 2.24) is 0 Å². The van der Waals surface area contributed by atoms with Crippen LogP contribution in [-0.4, -0.2) is 24.7 Å². The molecular formula is C7H7F5O2. The second-order valence-electron chi connectivity index (χ2n) is 2.46. The lowest BCUT2D eigenvalue weighted by molar-refractivity contribution is -0.202. The van der Waals surface area contributed by atoms with Gasteiger partial charge in [-0.25, -0.2) is 13.6 Å². The Morgan fingerprint density at radius 1 is 1.29 bits per heavy atom. The summed E-state index contributed by atoms with van der Waals surface area (Å²) in [6.45, 7) is 1.29. The summed E-state index contributed by atoms with van der Waals surface area (Å²) in [7, 11) is 0. The van der Waals surface area contributed by atoms with E-state index in [1.807, 2.05) is 0 Å². The highest BCUT2D eigenvalue weighted by Crippen LogP contribution is 2.31. The lowest BCUT2D eigenvalue weighted by atomic mass is 10.2. The number of ether oxygens (including phenoxy) is 1. The van der Waals surface area contributed by atoms with Gasteiger partial charge < -0.3 is 4.74 Å². The minimum Gasteiger partial charge on any atom is -0.456 e. The van der Waals surface area contributed by atoms with Crippen molar-refractivity contribution in [2.24, 2.45) is 0 Å². The molecule has 2 nitrogen and oxygen atoms in total. The fraction of sp³-hybridized carbons (Fsp3) is 0.571. The molecule has 0 unspecified atom stereocenters. The molecule has 0 spiro atoms. The molecule has 0 aliphatic heterocycles. The van der Waals surface area contributed by atoms with Crippen molar-refractivity contribution in [2.75, 3.05) is 6.61 Å². The molecule has 0 radical (unpaired) electrons. The van der Waals surface area contributed by atoms with Gasteiger partial charge in [-0.3, -0.25) is 0 Å². The van der Waals surface area contributed by atoms with Crippen molar-refractivity contribution in [3.05, 3.63) is 12.7 Å². The molecule has 0 fully saturated rings. The SMILES string of the molecule is C=CC(=O)OCC(F)(F)CC(F)(F)F. The summed E-state index contributed by atoms with van der Waals surface area (Å²) < 4.78 is 63.1. The van der Waals surface area contributed by atoms with Crippen molar-refractivity contribution in [3.8, 4) is 0 Å². The van der Waals surface area contributed by atoms with Crippen LogP contribution >= 0.6 is 0 Å². The lowest BCUT2D eigenvalue weighted by Crippen LogP contribution is -2.31. The summed E-state index contributed by atoms with van der Waals surface area (Å²) in [4.78, 5) is 10.3. The van der Waals surface area contributed by atoms with E-state index in [9.17, 15) is 26.7 Å². The maximum atomic E-state index is 12.4. The van der Waals surface area contributed by atoms with Gasteiger partial charge in [0, 0.05) is 6.08 Å². The smallest absolute Gasteiger partial charge is 0.394 e. The van der Waals surface area contributed by atoms with E-state index in [0.29, 0.717) is 6.08 Å². The molecule has 0 aromatic heterocycles. The molecular weight excluding hydrogens is 211 g/mol. The summed E-state index contributed by atoms with van der Waals surface area (Å²) >= 11 is 0. The topological polar surface area (TPSA) is 26.3 Å². The van der Waals surface area contributed by atoms with Crippen LogP contribution < -0.4 is 0 Å². The molecule has 0 bridgehead atoms. The van der Waals surface area contributed by atoms with Crippen LogP contribution in [0, 0.1) is 0 Å². The molecule has 82 valence electrons. The average Bonchev–Trinajstić information content (AvgIpc) is 1.96. The first-order chi connectivity index (χ1) is 6.16. The molecule has 0 saturated heterocycles. The number of rotatable bonds is 4. The van der Waals surface area contributed by atoms with Gasteiger partial charge in [-0.05, 0) is 0 Å². The Balaban J connectivity index is 4.08. The maximum absolute atomic E-state index is 12.4. The Morgan fingerprint density at radius 2 is 1.79 bits per heavy atom. The first-order valence-corrected chi connectivity index (χ1v) is 3.40. The monoisotopic (exact) mass is 218 g/mol. The van der Waals surface area contributed by atoms with E-state index in [2.05, 4.69) is 11.3 Å². The molecule has 0 aliphatic carbocycles. The number of carbonyl (C=O) groups excluding carboxylic acids is 1. The van der Waals surface area contributed by atoms with Crippen molar-refractivity contribution >= 4 is 5.97 Å². The third kappa shape index (κ3) is 6.38. The van der Waals surface area contributed by atoms with Crippen LogP contribution in [0.1, 0.15) is 6.42 Å². The van der Waals surface area contributed by atoms with Crippen LogP contribution in [-0.2, 0) is 9.53 Å². The first kappa shape index (κ1) is 12.9. The van der Waals surface area contributed by atoms with Gasteiger partial charge in [-0.2, -0.15) is 13.2 Å². The first-order valence-electron chi connectivity index (χ1n) is 3.40. The molecule has 7 heteroatoms. The summed E-state index contributed by atoms with van der Waals surface area (Å²) in [6.07, 6.45) is -6.72. The maximum Gasteiger partial charge on any atom is 0.394 e. The molecule has 0 N–H and O–H groups in total. The van der Waals surface area contributed by atoms with Crippen molar-refractivity contribution in [3.63, 3.8) is 0 Å². The summed E-state index contributed by atoms with van der Waals surface area (Å²) in [5, 5.41) is 0. The summed E-state index contributed by atoms with van der Waals surface area (Å²) in [5.41, 5.74) is 0. The Kier molecular flexibility index (Phi) is 4.03. The standard InChI is InChI=1S/C7H7F5O2/c1-2-5(13)14-4-6(8,9)3-7(10,11)12/h2H,1,3-4H2. The number of alkyl halides is 5. The van der Waals surface area contributed by atoms with Crippen LogP contribution in [0.4, 0.5) is 22.0 Å². The lowest BCUT2D eigenvalue weighted by Gasteiger charge is -2.17. The van der Waals surface area contributed by atoms with Crippen molar-refractivity contribution in [2.45, 2.75) is 18.5 Å². The fourth-order valence-electron chi connectivity index (χ4n) is 0.580. The quantitative estimate of drug-likeness (QED) is 0.411. The number of hydrogen-bond donors (Lipinski definition) is 0. The van der Waals surface area contributed by atoms with Crippen LogP contribution in [0.15, 0.2) is 12.7 Å². The second kappa shape index (κ2) is 4.39. The predicted octanol–water partition coefficient (Wildman–Crippen LogP) is 2.30. The second-order valence-corrected chi connectivity index (χ2v) is 2.46. The molecule has 0 aromatic rings. The van der Waals surface area contributed by atoms with Crippen LogP contribution in [0.2, 0.25) is 0 Å². The Hall–Kier alpha value is -1.14. The summed E-state index contributed by atoms with van der Waals surface area (Å²) in [6, 6.07) is 0. The van der Waals surface area contributed by atoms with E-state index in [4.69, 9.17) is 0 Å². The third-order valence-corrected chi connectivity index (χ3v) is 1.05. The van der Waals surface area contributed by atoms with Gasteiger partial charge in [0.15, 0.2) is 6.61 Å². The van der Waals surface area contributed by atoms with E-state index in [0.717, 1.165) is 0 Å². The van der Waals surface area contributed by atoms with Crippen molar-refractivity contribution < 1.29 is 31.5 Å². The average molecular weight is 218 g/mol. The number of carbonyl (C=O) groups is 1. The molecule has 0 aromatic carbocycles. The van der Waals surface area contributed by atoms with Crippen LogP contribution in [0.5, 0.6) is 0 Å².